The van der Waals surface area contributed by atoms with Crippen LogP contribution in [-0.4, -0.2) is 38.8 Å². The highest BCUT2D eigenvalue weighted by Gasteiger charge is 2.31. The molecule has 0 radical (unpaired) electrons. The van der Waals surface area contributed by atoms with Crippen molar-refractivity contribution in [2.75, 3.05) is 17.6 Å². The summed E-state index contributed by atoms with van der Waals surface area (Å²) in [6, 6.07) is 5.64. The Bertz CT molecular complexity index is 817. The third-order valence-electron chi connectivity index (χ3n) is 4.48. The molecule has 2 amide bonds. The summed E-state index contributed by atoms with van der Waals surface area (Å²) in [6.45, 7) is 0.747. The lowest BCUT2D eigenvalue weighted by Crippen LogP contribution is -2.30. The van der Waals surface area contributed by atoms with Crippen LogP contribution in [0, 0.1) is 0 Å². The van der Waals surface area contributed by atoms with Crippen molar-refractivity contribution in [2.45, 2.75) is 23.8 Å². The minimum atomic E-state index is -0.0218. The van der Waals surface area contributed by atoms with Crippen molar-refractivity contribution in [1.82, 2.24) is 14.7 Å². The highest BCUT2D eigenvalue weighted by molar-refractivity contribution is 8.00. The maximum Gasteiger partial charge on any atom is 0.254 e. The van der Waals surface area contributed by atoms with Crippen LogP contribution in [0.5, 0.6) is 0 Å². The Hall–Kier alpha value is -2.28. The molecule has 3 heterocycles. The Morgan fingerprint density at radius 1 is 1.42 bits per heavy atom. The molecule has 6 nitrogen and oxygen atoms in total. The van der Waals surface area contributed by atoms with Gasteiger partial charge in [0.15, 0.2) is 0 Å². The smallest absolute Gasteiger partial charge is 0.254 e. The van der Waals surface area contributed by atoms with Gasteiger partial charge in [-0.3, -0.25) is 14.3 Å². The SMILES string of the molecule is Cn1cc(C2CCCN2C(=O)c2ccc3c(c2)NC(=O)CS3)cn1. The number of fused-ring (bicyclic) bond motifs is 1. The first-order chi connectivity index (χ1) is 11.6. The van der Waals surface area contributed by atoms with E-state index in [1.807, 2.05) is 36.5 Å². The fraction of sp³-hybridized carbons (Fsp3) is 0.353. The molecule has 4 rings (SSSR count). The van der Waals surface area contributed by atoms with Crippen molar-refractivity contribution in [2.24, 2.45) is 7.05 Å². The molecule has 1 aromatic carbocycles. The molecule has 2 aliphatic rings. The summed E-state index contributed by atoms with van der Waals surface area (Å²) in [6.07, 6.45) is 5.75. The van der Waals surface area contributed by atoms with E-state index in [1.165, 1.54) is 11.8 Å². The number of aromatic nitrogens is 2. The van der Waals surface area contributed by atoms with Crippen LogP contribution in [0.3, 0.4) is 0 Å². The predicted octanol–water partition coefficient (Wildman–Crippen LogP) is 2.44. The molecule has 0 spiro atoms. The molecule has 1 unspecified atom stereocenters. The minimum absolute atomic E-state index is 0.00831. The van der Waals surface area contributed by atoms with E-state index < -0.39 is 0 Å². The molecule has 0 saturated carbocycles. The zero-order chi connectivity index (χ0) is 16.7. The van der Waals surface area contributed by atoms with Gasteiger partial charge >= 0.3 is 0 Å². The number of benzene rings is 1. The van der Waals surface area contributed by atoms with E-state index in [-0.39, 0.29) is 17.9 Å². The number of carbonyl (C=O) groups excluding carboxylic acids is 2. The number of rotatable bonds is 2. The lowest BCUT2D eigenvalue weighted by Gasteiger charge is -2.25. The van der Waals surface area contributed by atoms with Crippen molar-refractivity contribution >= 4 is 29.3 Å². The molecule has 124 valence electrons. The number of aryl methyl sites for hydroxylation is 1. The first kappa shape index (κ1) is 15.3. The topological polar surface area (TPSA) is 67.2 Å². The highest BCUT2D eigenvalue weighted by atomic mass is 32.2. The van der Waals surface area contributed by atoms with Gasteiger partial charge in [0.2, 0.25) is 5.91 Å². The number of carbonyl (C=O) groups is 2. The first-order valence-electron chi connectivity index (χ1n) is 7.98. The van der Waals surface area contributed by atoms with E-state index in [9.17, 15) is 9.59 Å². The average Bonchev–Trinajstić information content (AvgIpc) is 3.22. The Labute approximate surface area is 144 Å². The quantitative estimate of drug-likeness (QED) is 0.910. The number of thioether (sulfide) groups is 1. The fourth-order valence-electron chi connectivity index (χ4n) is 3.35. The van der Waals surface area contributed by atoms with Crippen molar-refractivity contribution < 1.29 is 9.59 Å². The Morgan fingerprint density at radius 3 is 3.08 bits per heavy atom. The van der Waals surface area contributed by atoms with Crippen molar-refractivity contribution in [3.8, 4) is 0 Å². The van der Waals surface area contributed by atoms with Crippen molar-refractivity contribution in [3.63, 3.8) is 0 Å². The van der Waals surface area contributed by atoms with E-state index >= 15 is 0 Å². The van der Waals surface area contributed by atoms with Crippen LogP contribution < -0.4 is 5.32 Å². The molecule has 1 saturated heterocycles. The Kier molecular flexibility index (Phi) is 3.80. The summed E-state index contributed by atoms with van der Waals surface area (Å²) in [5.74, 6) is 0.413. The van der Waals surface area contributed by atoms with E-state index in [0.29, 0.717) is 11.3 Å². The standard InChI is InChI=1S/C17H18N4O2S/c1-20-9-12(8-18-20)14-3-2-6-21(14)17(23)11-4-5-15-13(7-11)19-16(22)10-24-15/h4-5,7-9,14H,2-3,6,10H2,1H3,(H,19,22). The van der Waals surface area contributed by atoms with Crippen molar-refractivity contribution in [3.05, 3.63) is 41.7 Å². The summed E-state index contributed by atoms with van der Waals surface area (Å²) >= 11 is 1.50. The van der Waals surface area contributed by atoms with Gasteiger partial charge in [-0.25, -0.2) is 0 Å². The normalized spacial score (nSPS) is 20.0. The number of hydrogen-bond acceptors (Lipinski definition) is 4. The van der Waals surface area contributed by atoms with Gasteiger partial charge in [-0.15, -0.1) is 11.8 Å². The van der Waals surface area contributed by atoms with Gasteiger partial charge in [-0.2, -0.15) is 5.10 Å². The second kappa shape index (κ2) is 5.98. The van der Waals surface area contributed by atoms with Gasteiger partial charge in [-0.1, -0.05) is 0 Å². The fourth-order valence-corrected chi connectivity index (χ4v) is 4.14. The molecule has 1 fully saturated rings. The summed E-state index contributed by atoms with van der Waals surface area (Å²) in [5.41, 5.74) is 2.43. The Balaban J connectivity index is 1.61. The summed E-state index contributed by atoms with van der Waals surface area (Å²) < 4.78 is 1.77. The molecule has 1 atom stereocenters. The number of nitrogens with zero attached hydrogens (tertiary/aromatic N) is 3. The number of likely N-dealkylation sites (tertiary alicyclic amines) is 1. The molecule has 1 aromatic heterocycles. The lowest BCUT2D eigenvalue weighted by molar-refractivity contribution is -0.113. The molecular formula is C17H18N4O2S. The van der Waals surface area contributed by atoms with Gasteiger partial charge in [0.25, 0.3) is 5.91 Å². The van der Waals surface area contributed by atoms with Crippen LogP contribution in [0.4, 0.5) is 5.69 Å². The summed E-state index contributed by atoms with van der Waals surface area (Å²) in [5, 5.41) is 7.07. The van der Waals surface area contributed by atoms with Gasteiger partial charge < -0.3 is 10.2 Å². The summed E-state index contributed by atoms with van der Waals surface area (Å²) in [7, 11) is 1.88. The molecule has 2 aliphatic heterocycles. The summed E-state index contributed by atoms with van der Waals surface area (Å²) in [4.78, 5) is 27.5. The Morgan fingerprint density at radius 2 is 2.29 bits per heavy atom. The maximum atomic E-state index is 13.0. The molecule has 2 aromatic rings. The maximum absolute atomic E-state index is 13.0. The van der Waals surface area contributed by atoms with Crippen molar-refractivity contribution in [1.29, 1.82) is 0 Å². The zero-order valence-electron chi connectivity index (χ0n) is 13.4. The molecular weight excluding hydrogens is 324 g/mol. The number of hydrogen-bond donors (Lipinski definition) is 1. The van der Waals surface area contributed by atoms with Gasteiger partial charge in [0.05, 0.1) is 23.7 Å². The van der Waals surface area contributed by atoms with Crippen LogP contribution in [0.2, 0.25) is 0 Å². The molecule has 24 heavy (non-hydrogen) atoms. The molecule has 0 bridgehead atoms. The highest BCUT2D eigenvalue weighted by Crippen LogP contribution is 2.35. The minimum Gasteiger partial charge on any atom is -0.331 e. The number of anilines is 1. The monoisotopic (exact) mass is 342 g/mol. The van der Waals surface area contributed by atoms with Crippen LogP contribution in [0.25, 0.3) is 0 Å². The van der Waals surface area contributed by atoms with E-state index in [2.05, 4.69) is 10.4 Å². The number of amides is 2. The third-order valence-corrected chi connectivity index (χ3v) is 5.56. The van der Waals surface area contributed by atoms with Crippen LogP contribution in [-0.2, 0) is 11.8 Å². The second-order valence-corrected chi connectivity index (χ2v) is 7.17. The molecule has 7 heteroatoms. The van der Waals surface area contributed by atoms with Crippen LogP contribution >= 0.6 is 11.8 Å². The average molecular weight is 342 g/mol. The molecule has 1 N–H and O–H groups in total. The third kappa shape index (κ3) is 2.69. The van der Waals surface area contributed by atoms with Gasteiger partial charge in [-0.05, 0) is 31.0 Å². The van der Waals surface area contributed by atoms with E-state index in [1.54, 1.807) is 10.7 Å². The van der Waals surface area contributed by atoms with E-state index in [0.717, 1.165) is 35.5 Å². The van der Waals surface area contributed by atoms with Crippen LogP contribution in [0.1, 0.15) is 34.8 Å². The lowest BCUT2D eigenvalue weighted by atomic mass is 10.1. The van der Waals surface area contributed by atoms with Crippen LogP contribution in [0.15, 0.2) is 35.5 Å². The predicted molar refractivity (Wildman–Crippen MR) is 92.0 cm³/mol. The number of nitrogens with one attached hydrogen (secondary N) is 1. The molecule has 0 aliphatic carbocycles. The van der Waals surface area contributed by atoms with E-state index in [4.69, 9.17) is 0 Å². The second-order valence-electron chi connectivity index (χ2n) is 6.15. The first-order valence-corrected chi connectivity index (χ1v) is 8.96. The largest absolute Gasteiger partial charge is 0.331 e. The van der Waals surface area contributed by atoms with Gasteiger partial charge in [0, 0.05) is 35.8 Å². The van der Waals surface area contributed by atoms with Gasteiger partial charge in [0.1, 0.15) is 0 Å². The zero-order valence-corrected chi connectivity index (χ0v) is 14.2.